The summed E-state index contributed by atoms with van der Waals surface area (Å²) in [4.78, 5) is 0. The third-order valence-electron chi connectivity index (χ3n) is 3.57. The Balaban J connectivity index is 2.05. The van der Waals surface area contributed by atoms with Crippen molar-refractivity contribution < 1.29 is 0 Å². The fourth-order valence-electron chi connectivity index (χ4n) is 2.94. The summed E-state index contributed by atoms with van der Waals surface area (Å²) >= 11 is 8.95. The maximum atomic E-state index is 4.62. The van der Waals surface area contributed by atoms with E-state index in [2.05, 4.69) is 25.3 Å². The van der Waals surface area contributed by atoms with Crippen molar-refractivity contribution in [3.05, 3.63) is 0 Å². The van der Waals surface area contributed by atoms with Gasteiger partial charge in [0, 0.05) is 5.25 Å². The number of hydrogen-bond acceptors (Lipinski definition) is 2. The second-order valence-electron chi connectivity index (χ2n) is 4.25. The lowest BCUT2D eigenvalue weighted by molar-refractivity contribution is 0.290. The van der Waals surface area contributed by atoms with Crippen LogP contribution in [0.15, 0.2) is 0 Å². The molecule has 0 aliphatic heterocycles. The Morgan fingerprint density at radius 2 is 2.18 bits per heavy atom. The quantitative estimate of drug-likeness (QED) is 0.612. The van der Waals surface area contributed by atoms with Crippen LogP contribution in [0.3, 0.4) is 0 Å². The van der Waals surface area contributed by atoms with Gasteiger partial charge >= 0.3 is 0 Å². The molecule has 0 aromatic rings. The zero-order valence-electron chi connectivity index (χ0n) is 6.79. The van der Waals surface area contributed by atoms with Gasteiger partial charge in [0.1, 0.15) is 0 Å². The molecule has 11 heavy (non-hydrogen) atoms. The van der Waals surface area contributed by atoms with Gasteiger partial charge in [-0.15, -0.1) is 0 Å². The summed E-state index contributed by atoms with van der Waals surface area (Å²) in [5.41, 5.74) is 0.679. The smallest absolute Gasteiger partial charge is 0.00505 e. The molecular formula is C9H16S2. The zero-order valence-corrected chi connectivity index (χ0v) is 8.58. The molecule has 64 valence electrons. The highest BCUT2D eigenvalue weighted by Gasteiger charge is 2.48. The first-order chi connectivity index (χ1) is 5.26. The largest absolute Gasteiger partial charge is 0.179 e. The van der Waals surface area contributed by atoms with Crippen molar-refractivity contribution in [3.8, 4) is 0 Å². The highest BCUT2D eigenvalue weighted by Crippen LogP contribution is 2.57. The van der Waals surface area contributed by atoms with E-state index < -0.39 is 0 Å². The van der Waals surface area contributed by atoms with E-state index in [-0.39, 0.29) is 0 Å². The van der Waals surface area contributed by atoms with Crippen LogP contribution in [-0.4, -0.2) is 11.0 Å². The number of rotatable bonds is 2. The maximum absolute atomic E-state index is 4.62. The summed E-state index contributed by atoms with van der Waals surface area (Å²) in [5.74, 6) is 2.01. The van der Waals surface area contributed by atoms with Crippen LogP contribution in [-0.2, 0) is 0 Å². The second kappa shape index (κ2) is 2.88. The number of thiol groups is 2. The highest BCUT2D eigenvalue weighted by molar-refractivity contribution is 7.81. The van der Waals surface area contributed by atoms with Gasteiger partial charge in [0.2, 0.25) is 0 Å². The van der Waals surface area contributed by atoms with E-state index in [1.807, 2.05) is 0 Å². The Bertz CT molecular complexity index is 154. The minimum atomic E-state index is 0.679. The Kier molecular flexibility index (Phi) is 2.17. The Hall–Kier alpha value is 0.700. The molecular weight excluding hydrogens is 172 g/mol. The molecule has 0 aromatic carbocycles. The molecule has 0 nitrogen and oxygen atoms in total. The predicted octanol–water partition coefficient (Wildman–Crippen LogP) is 2.79. The first kappa shape index (κ1) is 8.31. The second-order valence-corrected chi connectivity index (χ2v) is 5.36. The normalized spacial score (nSPS) is 48.5. The van der Waals surface area contributed by atoms with Crippen LogP contribution in [0.5, 0.6) is 0 Å². The Morgan fingerprint density at radius 1 is 1.36 bits per heavy atom. The summed E-state index contributed by atoms with van der Waals surface area (Å²) in [5, 5.41) is 0.712. The topological polar surface area (TPSA) is 0 Å². The molecule has 2 bridgehead atoms. The fourth-order valence-corrected chi connectivity index (χ4v) is 4.06. The third-order valence-corrected chi connectivity index (χ3v) is 4.40. The molecule has 0 saturated heterocycles. The monoisotopic (exact) mass is 188 g/mol. The summed E-state index contributed by atoms with van der Waals surface area (Å²) in [6, 6.07) is 0. The highest BCUT2D eigenvalue weighted by atomic mass is 32.1. The van der Waals surface area contributed by atoms with E-state index in [0.717, 1.165) is 11.7 Å². The van der Waals surface area contributed by atoms with Gasteiger partial charge in [-0.1, -0.05) is 0 Å². The van der Waals surface area contributed by atoms with Crippen LogP contribution >= 0.6 is 25.3 Å². The zero-order chi connectivity index (χ0) is 7.90. The lowest BCUT2D eigenvalue weighted by Crippen LogP contribution is -2.18. The van der Waals surface area contributed by atoms with Crippen LogP contribution in [0.1, 0.15) is 32.1 Å². The molecule has 0 amide bonds. The fraction of sp³-hybridized carbons (Fsp3) is 1.00. The van der Waals surface area contributed by atoms with Crippen LogP contribution < -0.4 is 0 Å². The summed E-state index contributed by atoms with van der Waals surface area (Å²) in [6.07, 6.45) is 7.02. The summed E-state index contributed by atoms with van der Waals surface area (Å²) < 4.78 is 0. The molecule has 2 aliphatic carbocycles. The van der Waals surface area contributed by atoms with Gasteiger partial charge in [0.25, 0.3) is 0 Å². The van der Waals surface area contributed by atoms with Gasteiger partial charge in [-0.25, -0.2) is 0 Å². The van der Waals surface area contributed by atoms with E-state index in [1.54, 1.807) is 0 Å². The molecule has 2 fully saturated rings. The molecule has 0 aromatic heterocycles. The molecule has 2 saturated carbocycles. The molecule has 2 aliphatic rings. The van der Waals surface area contributed by atoms with Crippen molar-refractivity contribution in [1.29, 1.82) is 0 Å². The van der Waals surface area contributed by atoms with Gasteiger partial charge in [0.05, 0.1) is 0 Å². The minimum Gasteiger partial charge on any atom is -0.179 e. The summed E-state index contributed by atoms with van der Waals surface area (Å²) in [7, 11) is 0. The maximum Gasteiger partial charge on any atom is 0.00505 e. The van der Waals surface area contributed by atoms with Crippen molar-refractivity contribution in [2.24, 2.45) is 11.3 Å². The Labute approximate surface area is 80.0 Å². The van der Waals surface area contributed by atoms with Crippen LogP contribution in [0.4, 0.5) is 0 Å². The third kappa shape index (κ3) is 1.33. The Morgan fingerprint density at radius 3 is 2.64 bits per heavy atom. The minimum absolute atomic E-state index is 0.679. The first-order valence-corrected chi connectivity index (χ1v) is 5.70. The van der Waals surface area contributed by atoms with Gasteiger partial charge in [0.15, 0.2) is 0 Å². The lowest BCUT2D eigenvalue weighted by atomic mass is 9.82. The SMILES string of the molecule is SCCC12CCC(C1)C(S)C2. The van der Waals surface area contributed by atoms with Crippen molar-refractivity contribution in [2.45, 2.75) is 37.4 Å². The molecule has 3 unspecified atom stereocenters. The average Bonchev–Trinajstić information content (AvgIpc) is 2.44. The summed E-state index contributed by atoms with van der Waals surface area (Å²) in [6.45, 7) is 0. The van der Waals surface area contributed by atoms with Gasteiger partial charge in [-0.3, -0.25) is 0 Å². The molecule has 3 atom stereocenters. The van der Waals surface area contributed by atoms with E-state index in [0.29, 0.717) is 10.7 Å². The van der Waals surface area contributed by atoms with E-state index in [4.69, 9.17) is 0 Å². The lowest BCUT2D eigenvalue weighted by Gasteiger charge is -2.27. The van der Waals surface area contributed by atoms with Gasteiger partial charge in [-0.05, 0) is 49.2 Å². The molecule has 2 heteroatoms. The molecule has 0 radical (unpaired) electrons. The van der Waals surface area contributed by atoms with E-state index in [1.165, 1.54) is 32.1 Å². The van der Waals surface area contributed by atoms with Crippen molar-refractivity contribution >= 4 is 25.3 Å². The van der Waals surface area contributed by atoms with E-state index >= 15 is 0 Å². The van der Waals surface area contributed by atoms with Crippen LogP contribution in [0, 0.1) is 11.3 Å². The van der Waals surface area contributed by atoms with Crippen molar-refractivity contribution in [1.82, 2.24) is 0 Å². The van der Waals surface area contributed by atoms with E-state index in [9.17, 15) is 0 Å². The van der Waals surface area contributed by atoms with Crippen LogP contribution in [0.2, 0.25) is 0 Å². The van der Waals surface area contributed by atoms with Crippen LogP contribution in [0.25, 0.3) is 0 Å². The molecule has 0 heterocycles. The number of hydrogen-bond donors (Lipinski definition) is 2. The average molecular weight is 188 g/mol. The first-order valence-electron chi connectivity index (χ1n) is 4.55. The number of fused-ring (bicyclic) bond motifs is 2. The van der Waals surface area contributed by atoms with Gasteiger partial charge in [-0.2, -0.15) is 25.3 Å². The van der Waals surface area contributed by atoms with Crippen molar-refractivity contribution in [2.75, 3.05) is 5.75 Å². The molecule has 0 N–H and O–H groups in total. The van der Waals surface area contributed by atoms with Crippen molar-refractivity contribution in [3.63, 3.8) is 0 Å². The molecule has 0 spiro atoms. The van der Waals surface area contributed by atoms with Gasteiger partial charge < -0.3 is 0 Å². The molecule has 2 rings (SSSR count). The standard InChI is InChI=1S/C9H16S2/c10-4-3-9-2-1-7(5-9)8(11)6-9/h7-8,10-11H,1-6H2. The predicted molar refractivity (Wildman–Crippen MR) is 55.6 cm³/mol.